The predicted molar refractivity (Wildman–Crippen MR) is 87.6 cm³/mol. The van der Waals surface area contributed by atoms with E-state index in [0.29, 0.717) is 17.3 Å². The number of anilines is 1. The van der Waals surface area contributed by atoms with Gasteiger partial charge in [0.15, 0.2) is 11.5 Å². The normalized spacial score (nSPS) is 10.5. The van der Waals surface area contributed by atoms with Crippen LogP contribution in [-0.4, -0.2) is 18.8 Å². The van der Waals surface area contributed by atoms with Crippen LogP contribution in [0.1, 0.15) is 18.1 Å². The van der Waals surface area contributed by atoms with Crippen molar-refractivity contribution in [3.8, 4) is 11.5 Å². The van der Waals surface area contributed by atoms with Gasteiger partial charge in [0.1, 0.15) is 0 Å². The topological polar surface area (TPSA) is 32.7 Å². The van der Waals surface area contributed by atoms with Crippen molar-refractivity contribution >= 4 is 17.3 Å². The SMILES string of the molecule is CCN(Cc1cc(Cl)cc(OC)c1O)c1cccc(C)c1. The fourth-order valence-electron chi connectivity index (χ4n) is 2.32. The Morgan fingerprint density at radius 3 is 2.62 bits per heavy atom. The number of ether oxygens (including phenoxy) is 1. The van der Waals surface area contributed by atoms with Crippen molar-refractivity contribution in [3.05, 3.63) is 52.5 Å². The molecule has 2 rings (SSSR count). The predicted octanol–water partition coefficient (Wildman–Crippen LogP) is 4.39. The van der Waals surface area contributed by atoms with E-state index in [2.05, 4.69) is 36.9 Å². The van der Waals surface area contributed by atoms with E-state index >= 15 is 0 Å². The third kappa shape index (κ3) is 3.61. The van der Waals surface area contributed by atoms with Crippen molar-refractivity contribution < 1.29 is 9.84 Å². The highest BCUT2D eigenvalue weighted by Gasteiger charge is 2.13. The molecular weight excluding hydrogens is 286 g/mol. The van der Waals surface area contributed by atoms with Gasteiger partial charge in [0.2, 0.25) is 0 Å². The molecule has 0 aromatic heterocycles. The minimum absolute atomic E-state index is 0.146. The third-order valence-corrected chi connectivity index (χ3v) is 3.67. The lowest BCUT2D eigenvalue weighted by Gasteiger charge is -2.24. The van der Waals surface area contributed by atoms with Gasteiger partial charge in [-0.1, -0.05) is 23.7 Å². The molecule has 2 aromatic carbocycles. The van der Waals surface area contributed by atoms with E-state index in [1.807, 2.05) is 6.07 Å². The molecule has 0 unspecified atom stereocenters. The molecule has 0 amide bonds. The number of phenols is 1. The Hall–Kier alpha value is -1.87. The van der Waals surface area contributed by atoms with Gasteiger partial charge in [-0.3, -0.25) is 0 Å². The number of hydrogen-bond acceptors (Lipinski definition) is 3. The third-order valence-electron chi connectivity index (χ3n) is 3.45. The van der Waals surface area contributed by atoms with Crippen LogP contribution in [-0.2, 0) is 6.54 Å². The van der Waals surface area contributed by atoms with Crippen LogP contribution in [0.2, 0.25) is 5.02 Å². The highest BCUT2D eigenvalue weighted by atomic mass is 35.5. The van der Waals surface area contributed by atoms with Gasteiger partial charge in [-0.2, -0.15) is 0 Å². The lowest BCUT2D eigenvalue weighted by atomic mass is 10.1. The zero-order valence-electron chi connectivity index (χ0n) is 12.6. The Labute approximate surface area is 130 Å². The molecule has 0 heterocycles. The van der Waals surface area contributed by atoms with Crippen molar-refractivity contribution in [2.24, 2.45) is 0 Å². The summed E-state index contributed by atoms with van der Waals surface area (Å²) in [6.45, 7) is 5.55. The maximum Gasteiger partial charge on any atom is 0.162 e. The number of rotatable bonds is 5. The Balaban J connectivity index is 2.33. The molecule has 0 saturated heterocycles. The zero-order chi connectivity index (χ0) is 15.4. The summed E-state index contributed by atoms with van der Waals surface area (Å²) in [5, 5.41) is 10.8. The summed E-state index contributed by atoms with van der Waals surface area (Å²) >= 11 is 6.09. The number of hydrogen-bond donors (Lipinski definition) is 1. The average molecular weight is 306 g/mol. The highest BCUT2D eigenvalue weighted by molar-refractivity contribution is 6.30. The van der Waals surface area contributed by atoms with Crippen LogP contribution < -0.4 is 9.64 Å². The van der Waals surface area contributed by atoms with E-state index in [-0.39, 0.29) is 5.75 Å². The van der Waals surface area contributed by atoms with E-state index in [0.717, 1.165) is 17.8 Å². The molecule has 0 atom stereocenters. The Morgan fingerprint density at radius 1 is 1.24 bits per heavy atom. The molecule has 0 radical (unpaired) electrons. The Morgan fingerprint density at radius 2 is 2.00 bits per heavy atom. The van der Waals surface area contributed by atoms with E-state index < -0.39 is 0 Å². The molecule has 21 heavy (non-hydrogen) atoms. The van der Waals surface area contributed by atoms with Gasteiger partial charge < -0.3 is 14.7 Å². The van der Waals surface area contributed by atoms with Crippen LogP contribution in [0.3, 0.4) is 0 Å². The van der Waals surface area contributed by atoms with Crippen LogP contribution >= 0.6 is 11.6 Å². The molecule has 0 spiro atoms. The minimum Gasteiger partial charge on any atom is -0.504 e. The van der Waals surface area contributed by atoms with Crippen LogP contribution in [0.5, 0.6) is 11.5 Å². The summed E-state index contributed by atoms with van der Waals surface area (Å²) in [6, 6.07) is 11.7. The van der Waals surface area contributed by atoms with Gasteiger partial charge in [0.25, 0.3) is 0 Å². The van der Waals surface area contributed by atoms with Gasteiger partial charge in [-0.05, 0) is 37.6 Å². The Kier molecular flexibility index (Phi) is 4.97. The molecule has 0 aliphatic carbocycles. The number of methoxy groups -OCH3 is 1. The number of benzene rings is 2. The number of aromatic hydroxyl groups is 1. The van der Waals surface area contributed by atoms with Crippen LogP contribution in [0.15, 0.2) is 36.4 Å². The maximum absolute atomic E-state index is 10.2. The minimum atomic E-state index is 0.146. The summed E-state index contributed by atoms with van der Waals surface area (Å²) in [7, 11) is 1.52. The maximum atomic E-state index is 10.2. The molecule has 0 aliphatic rings. The summed E-state index contributed by atoms with van der Waals surface area (Å²) in [4.78, 5) is 2.18. The van der Waals surface area contributed by atoms with Crippen molar-refractivity contribution in [1.29, 1.82) is 0 Å². The van der Waals surface area contributed by atoms with E-state index in [1.165, 1.54) is 12.7 Å². The summed E-state index contributed by atoms with van der Waals surface area (Å²) < 4.78 is 5.15. The molecule has 1 N–H and O–H groups in total. The van der Waals surface area contributed by atoms with Crippen LogP contribution in [0.4, 0.5) is 5.69 Å². The first kappa shape index (κ1) is 15.5. The second-order valence-electron chi connectivity index (χ2n) is 4.97. The van der Waals surface area contributed by atoms with Gasteiger partial charge in [-0.15, -0.1) is 0 Å². The lowest BCUT2D eigenvalue weighted by Crippen LogP contribution is -2.22. The average Bonchev–Trinajstić information content (AvgIpc) is 2.47. The van der Waals surface area contributed by atoms with Gasteiger partial charge in [0.05, 0.1) is 7.11 Å². The second-order valence-corrected chi connectivity index (χ2v) is 5.41. The largest absolute Gasteiger partial charge is 0.504 e. The number of halogens is 1. The van der Waals surface area contributed by atoms with Crippen molar-refractivity contribution in [2.45, 2.75) is 20.4 Å². The van der Waals surface area contributed by atoms with E-state index in [4.69, 9.17) is 16.3 Å². The lowest BCUT2D eigenvalue weighted by molar-refractivity contribution is 0.370. The van der Waals surface area contributed by atoms with Gasteiger partial charge >= 0.3 is 0 Å². The van der Waals surface area contributed by atoms with Gasteiger partial charge in [0, 0.05) is 35.4 Å². The monoisotopic (exact) mass is 305 g/mol. The van der Waals surface area contributed by atoms with E-state index in [1.54, 1.807) is 12.1 Å². The first-order valence-corrected chi connectivity index (χ1v) is 7.30. The molecular formula is C17H20ClNO2. The quantitative estimate of drug-likeness (QED) is 0.889. The summed E-state index contributed by atoms with van der Waals surface area (Å²) in [5.74, 6) is 0.547. The number of nitrogens with zero attached hydrogens (tertiary/aromatic N) is 1. The zero-order valence-corrected chi connectivity index (χ0v) is 13.3. The van der Waals surface area contributed by atoms with Crippen LogP contribution in [0, 0.1) is 6.92 Å². The first-order valence-electron chi connectivity index (χ1n) is 6.92. The fraction of sp³-hybridized carbons (Fsp3) is 0.294. The molecule has 0 saturated carbocycles. The molecule has 4 heteroatoms. The molecule has 0 bridgehead atoms. The standard InChI is InChI=1S/C17H20ClNO2/c1-4-19(15-7-5-6-12(2)8-15)11-13-9-14(18)10-16(21-3)17(13)20/h5-10,20H,4,11H2,1-3H3. The molecule has 0 fully saturated rings. The van der Waals surface area contributed by atoms with Crippen molar-refractivity contribution in [3.63, 3.8) is 0 Å². The molecule has 0 aliphatic heterocycles. The summed E-state index contributed by atoms with van der Waals surface area (Å²) in [6.07, 6.45) is 0. The first-order chi connectivity index (χ1) is 10.0. The number of phenolic OH excluding ortho intramolecular Hbond substituents is 1. The molecule has 112 valence electrons. The van der Waals surface area contributed by atoms with Crippen LogP contribution in [0.25, 0.3) is 0 Å². The van der Waals surface area contributed by atoms with Crippen molar-refractivity contribution in [1.82, 2.24) is 0 Å². The molecule has 3 nitrogen and oxygen atoms in total. The fourth-order valence-corrected chi connectivity index (χ4v) is 2.55. The molecule has 2 aromatic rings. The van der Waals surface area contributed by atoms with Gasteiger partial charge in [-0.25, -0.2) is 0 Å². The van der Waals surface area contributed by atoms with Crippen molar-refractivity contribution in [2.75, 3.05) is 18.6 Å². The highest BCUT2D eigenvalue weighted by Crippen LogP contribution is 2.34. The smallest absolute Gasteiger partial charge is 0.162 e. The Bertz CT molecular complexity index is 628. The summed E-state index contributed by atoms with van der Waals surface area (Å²) in [5.41, 5.74) is 3.08. The van der Waals surface area contributed by atoms with E-state index in [9.17, 15) is 5.11 Å². The second kappa shape index (κ2) is 6.72. The number of aryl methyl sites for hydroxylation is 1.